The summed E-state index contributed by atoms with van der Waals surface area (Å²) in [5.74, 6) is 2.56. The molecular formula is C54H66N4O12. The summed E-state index contributed by atoms with van der Waals surface area (Å²) in [7, 11) is 9.15. The van der Waals surface area contributed by atoms with Crippen molar-refractivity contribution in [2.75, 3.05) is 81.9 Å². The van der Waals surface area contributed by atoms with Crippen molar-refractivity contribution in [2.24, 2.45) is 0 Å². The van der Waals surface area contributed by atoms with Crippen LogP contribution in [0.4, 0.5) is 0 Å². The summed E-state index contributed by atoms with van der Waals surface area (Å²) in [4.78, 5) is 9.33. The van der Waals surface area contributed by atoms with E-state index in [1.54, 1.807) is 36.4 Å². The first-order chi connectivity index (χ1) is 33.8. The Morgan fingerprint density at radius 3 is 0.571 bits per heavy atom. The fourth-order valence-corrected chi connectivity index (χ4v) is 8.30. The van der Waals surface area contributed by atoms with E-state index in [-0.39, 0.29) is 34.5 Å². The van der Waals surface area contributed by atoms with Gasteiger partial charge in [-0.1, -0.05) is 36.4 Å². The number of benzene rings is 6. The molecule has 6 aromatic rings. The molecule has 6 N–H and O–H groups in total. The molecule has 0 aromatic heterocycles. The molecular weight excluding hydrogens is 897 g/mol. The minimum Gasteiger partial charge on any atom is -0.504 e. The monoisotopic (exact) mass is 962 g/mol. The van der Waals surface area contributed by atoms with Gasteiger partial charge in [-0.3, -0.25) is 19.6 Å². The number of methoxy groups -OCH3 is 6. The molecule has 0 radical (unpaired) electrons. The van der Waals surface area contributed by atoms with Crippen LogP contribution in [0.25, 0.3) is 0 Å². The predicted molar refractivity (Wildman–Crippen MR) is 267 cm³/mol. The fourth-order valence-electron chi connectivity index (χ4n) is 8.30. The summed E-state index contributed by atoms with van der Waals surface area (Å²) in [5.41, 5.74) is 5.62. The van der Waals surface area contributed by atoms with Crippen molar-refractivity contribution in [2.45, 2.75) is 39.3 Å². The van der Waals surface area contributed by atoms with E-state index in [0.717, 1.165) is 33.4 Å². The van der Waals surface area contributed by atoms with Crippen LogP contribution < -0.4 is 28.4 Å². The van der Waals surface area contributed by atoms with Crippen LogP contribution in [-0.4, -0.2) is 132 Å². The zero-order valence-corrected chi connectivity index (χ0v) is 40.8. The molecule has 0 fully saturated rings. The fraction of sp³-hybridized carbons (Fsp3) is 0.333. The average molecular weight is 963 g/mol. The number of aromatic hydroxyl groups is 6. The van der Waals surface area contributed by atoms with E-state index in [1.165, 1.54) is 42.7 Å². The first-order valence-corrected chi connectivity index (χ1v) is 22.9. The van der Waals surface area contributed by atoms with E-state index >= 15 is 0 Å². The Morgan fingerprint density at radius 2 is 0.414 bits per heavy atom. The Balaban J connectivity index is 1.34. The zero-order valence-electron chi connectivity index (χ0n) is 40.8. The Labute approximate surface area is 410 Å². The lowest BCUT2D eigenvalue weighted by atomic mass is 10.1. The molecule has 70 heavy (non-hydrogen) atoms. The van der Waals surface area contributed by atoms with Crippen LogP contribution in [0.3, 0.4) is 0 Å². The van der Waals surface area contributed by atoms with Gasteiger partial charge in [0.2, 0.25) is 0 Å². The highest BCUT2D eigenvalue weighted by Gasteiger charge is 2.20. The van der Waals surface area contributed by atoms with Crippen LogP contribution in [0, 0.1) is 0 Å². The number of phenols is 6. The first-order valence-electron chi connectivity index (χ1n) is 22.9. The third kappa shape index (κ3) is 14.6. The van der Waals surface area contributed by atoms with Crippen molar-refractivity contribution in [1.82, 2.24) is 19.6 Å². The predicted octanol–water partition coefficient (Wildman–Crippen LogP) is 7.68. The van der Waals surface area contributed by atoms with Crippen molar-refractivity contribution >= 4 is 0 Å². The summed E-state index contributed by atoms with van der Waals surface area (Å²) in [5, 5.41) is 62.6. The minimum atomic E-state index is 0.0503. The van der Waals surface area contributed by atoms with Gasteiger partial charge in [-0.05, 0) is 106 Å². The summed E-state index contributed by atoms with van der Waals surface area (Å²) >= 11 is 0. The van der Waals surface area contributed by atoms with Gasteiger partial charge < -0.3 is 59.1 Å². The van der Waals surface area contributed by atoms with Crippen LogP contribution in [0.2, 0.25) is 0 Å². The molecule has 0 spiro atoms. The molecule has 374 valence electrons. The number of rotatable bonds is 27. The lowest BCUT2D eigenvalue weighted by Gasteiger charge is -2.32. The standard InChI is InChI=1S/C54H66N4O12/c1-65-49-25-37(7-13-43(49)59)31-56(32-38-8-14-44(60)50(26-38)66-2)22-19-55(20-23-57(33-39-9-15-45(61)51(27-39)67-3)34-40-10-16-46(62)52(28-40)68-4)21-24-58(35-41-11-17-47(63)53(29-41)69-5)36-42-12-18-48(64)54(30-42)70-6/h7-18,25-30,59-64H,19-24,31-36H2,1-6H3. The minimum absolute atomic E-state index is 0.0503. The largest absolute Gasteiger partial charge is 0.504 e. The van der Waals surface area contributed by atoms with Gasteiger partial charge in [0, 0.05) is 78.5 Å². The van der Waals surface area contributed by atoms with E-state index < -0.39 is 0 Å². The van der Waals surface area contributed by atoms with E-state index in [0.29, 0.717) is 113 Å². The topological polar surface area (TPSA) is 190 Å². The zero-order chi connectivity index (χ0) is 50.2. The van der Waals surface area contributed by atoms with E-state index in [9.17, 15) is 30.6 Å². The molecule has 0 saturated carbocycles. The van der Waals surface area contributed by atoms with Crippen LogP contribution in [0.15, 0.2) is 109 Å². The molecule has 16 heteroatoms. The maximum absolute atomic E-state index is 10.4. The normalized spacial score (nSPS) is 11.4. The van der Waals surface area contributed by atoms with Gasteiger partial charge in [0.1, 0.15) is 0 Å². The molecule has 6 rings (SSSR count). The molecule has 0 bridgehead atoms. The smallest absolute Gasteiger partial charge is 0.160 e. The Morgan fingerprint density at radius 1 is 0.257 bits per heavy atom. The van der Waals surface area contributed by atoms with Gasteiger partial charge in [0.25, 0.3) is 0 Å². The Kier molecular flexibility index (Phi) is 18.9. The molecule has 0 amide bonds. The Hall–Kier alpha value is -7.24. The third-order valence-electron chi connectivity index (χ3n) is 12.1. The van der Waals surface area contributed by atoms with Gasteiger partial charge in [-0.15, -0.1) is 0 Å². The van der Waals surface area contributed by atoms with Gasteiger partial charge >= 0.3 is 0 Å². The van der Waals surface area contributed by atoms with Crippen molar-refractivity contribution in [3.8, 4) is 69.0 Å². The van der Waals surface area contributed by atoms with E-state index in [1.807, 2.05) is 72.8 Å². The summed E-state index contributed by atoms with van der Waals surface area (Å²) < 4.78 is 32.8. The lowest BCUT2D eigenvalue weighted by molar-refractivity contribution is 0.142. The number of hydrogen-bond acceptors (Lipinski definition) is 16. The molecule has 0 heterocycles. The molecule has 6 aromatic carbocycles. The highest BCUT2D eigenvalue weighted by atomic mass is 16.5. The number of ether oxygens (including phenoxy) is 6. The molecule has 0 aliphatic heterocycles. The van der Waals surface area contributed by atoms with Crippen LogP contribution >= 0.6 is 0 Å². The van der Waals surface area contributed by atoms with Crippen LogP contribution in [0.5, 0.6) is 69.0 Å². The summed E-state index contributed by atoms with van der Waals surface area (Å²) in [6.45, 7) is 6.83. The molecule has 0 unspecified atom stereocenters. The van der Waals surface area contributed by atoms with E-state index in [2.05, 4.69) is 19.6 Å². The highest BCUT2D eigenvalue weighted by molar-refractivity contribution is 5.46. The second-order valence-corrected chi connectivity index (χ2v) is 17.0. The van der Waals surface area contributed by atoms with Crippen LogP contribution in [0.1, 0.15) is 33.4 Å². The first kappa shape index (κ1) is 52.1. The van der Waals surface area contributed by atoms with Crippen molar-refractivity contribution in [3.63, 3.8) is 0 Å². The molecule has 16 nitrogen and oxygen atoms in total. The molecule has 0 aliphatic carbocycles. The van der Waals surface area contributed by atoms with Crippen LogP contribution in [-0.2, 0) is 39.3 Å². The molecule has 0 atom stereocenters. The van der Waals surface area contributed by atoms with Crippen molar-refractivity contribution in [1.29, 1.82) is 0 Å². The maximum Gasteiger partial charge on any atom is 0.160 e. The Bertz CT molecular complexity index is 2180. The second kappa shape index (κ2) is 25.4. The quantitative estimate of drug-likeness (QED) is 0.0295. The lowest BCUT2D eigenvalue weighted by Crippen LogP contribution is -2.42. The van der Waals surface area contributed by atoms with Gasteiger partial charge in [-0.2, -0.15) is 0 Å². The van der Waals surface area contributed by atoms with Gasteiger partial charge in [0.05, 0.1) is 42.7 Å². The SMILES string of the molecule is COc1cc(CN(CCN(CCN(Cc2ccc(O)c(OC)c2)Cc2ccc(O)c(OC)c2)CCN(Cc2ccc(O)c(OC)c2)Cc2ccc(O)c(OC)c2)Cc2ccc(O)c(OC)c2)ccc1O. The molecule has 0 saturated heterocycles. The summed E-state index contributed by atoms with van der Waals surface area (Å²) in [6.07, 6.45) is 0. The van der Waals surface area contributed by atoms with Crippen molar-refractivity contribution in [3.05, 3.63) is 143 Å². The third-order valence-corrected chi connectivity index (χ3v) is 12.1. The average Bonchev–Trinajstić information content (AvgIpc) is 3.36. The molecule has 0 aliphatic rings. The maximum atomic E-state index is 10.4. The number of nitrogens with zero attached hydrogens (tertiary/aromatic N) is 4. The summed E-state index contributed by atoms with van der Waals surface area (Å²) in [6, 6.07) is 32.1. The number of hydrogen-bond donors (Lipinski definition) is 6. The van der Waals surface area contributed by atoms with E-state index in [4.69, 9.17) is 28.4 Å². The number of phenolic OH excluding ortho intramolecular Hbond substituents is 6. The van der Waals surface area contributed by atoms with Gasteiger partial charge in [0.15, 0.2) is 69.0 Å². The van der Waals surface area contributed by atoms with Gasteiger partial charge in [-0.25, -0.2) is 0 Å². The van der Waals surface area contributed by atoms with Crippen molar-refractivity contribution < 1.29 is 59.1 Å². The highest BCUT2D eigenvalue weighted by Crippen LogP contribution is 2.33. The second-order valence-electron chi connectivity index (χ2n) is 17.0.